The fourth-order valence-electron chi connectivity index (χ4n) is 2.25. The molecule has 1 saturated carbocycles. The van der Waals surface area contributed by atoms with Gasteiger partial charge in [0.2, 0.25) is 11.0 Å². The summed E-state index contributed by atoms with van der Waals surface area (Å²) in [7, 11) is 0. The molecule has 1 amide bonds. The van der Waals surface area contributed by atoms with Gasteiger partial charge >= 0.3 is 0 Å². The SMILES string of the molecule is CC1CCCC(N)(C(=O)Nc2nncs2)C1. The number of anilines is 1. The predicted octanol–water partition coefficient (Wildman–Crippen LogP) is 1.38. The first-order valence-corrected chi connectivity index (χ1v) is 6.35. The number of hydrogen-bond donors (Lipinski definition) is 2. The Hall–Kier alpha value is -1.01. The second-order valence-corrected chi connectivity index (χ2v) is 5.39. The average molecular weight is 240 g/mol. The molecular weight excluding hydrogens is 224 g/mol. The zero-order valence-corrected chi connectivity index (χ0v) is 10.1. The highest BCUT2D eigenvalue weighted by Crippen LogP contribution is 2.31. The fraction of sp³-hybridized carbons (Fsp3) is 0.700. The molecule has 1 heterocycles. The second-order valence-electron chi connectivity index (χ2n) is 4.56. The standard InChI is InChI=1S/C10H16N4OS/c1-7-3-2-4-10(11,5-7)8(15)13-9-14-12-6-16-9/h6-7H,2-5,11H2,1H3,(H,13,14,15). The van der Waals surface area contributed by atoms with Crippen LogP contribution in [0.3, 0.4) is 0 Å². The molecule has 88 valence electrons. The minimum atomic E-state index is -0.733. The van der Waals surface area contributed by atoms with E-state index in [-0.39, 0.29) is 5.91 Å². The van der Waals surface area contributed by atoms with Gasteiger partial charge in [0, 0.05) is 0 Å². The molecule has 2 atom stereocenters. The maximum absolute atomic E-state index is 12.0. The van der Waals surface area contributed by atoms with Crippen molar-refractivity contribution < 1.29 is 4.79 Å². The fourth-order valence-corrected chi connectivity index (χ4v) is 2.69. The van der Waals surface area contributed by atoms with Gasteiger partial charge in [0.15, 0.2) is 0 Å². The number of nitrogens with zero attached hydrogens (tertiary/aromatic N) is 2. The number of nitrogens with one attached hydrogen (secondary N) is 1. The molecule has 1 aliphatic rings. The Morgan fingerprint density at radius 2 is 2.56 bits per heavy atom. The number of amides is 1. The van der Waals surface area contributed by atoms with Gasteiger partial charge < -0.3 is 5.73 Å². The topological polar surface area (TPSA) is 80.9 Å². The molecule has 1 aromatic rings. The van der Waals surface area contributed by atoms with Crippen molar-refractivity contribution in [3.63, 3.8) is 0 Å². The minimum Gasteiger partial charge on any atom is -0.317 e. The molecule has 0 bridgehead atoms. The molecule has 0 aliphatic heterocycles. The summed E-state index contributed by atoms with van der Waals surface area (Å²) >= 11 is 1.31. The largest absolute Gasteiger partial charge is 0.317 e. The summed E-state index contributed by atoms with van der Waals surface area (Å²) in [6.45, 7) is 2.14. The summed E-state index contributed by atoms with van der Waals surface area (Å²) in [5, 5.41) is 10.7. The summed E-state index contributed by atoms with van der Waals surface area (Å²) in [5.74, 6) is 0.384. The molecular formula is C10H16N4OS. The lowest BCUT2D eigenvalue weighted by Crippen LogP contribution is -2.53. The lowest BCUT2D eigenvalue weighted by atomic mass is 9.76. The van der Waals surface area contributed by atoms with Gasteiger partial charge in [0.1, 0.15) is 5.51 Å². The minimum absolute atomic E-state index is 0.129. The lowest BCUT2D eigenvalue weighted by molar-refractivity contribution is -0.122. The van der Waals surface area contributed by atoms with E-state index in [0.29, 0.717) is 11.0 Å². The molecule has 2 rings (SSSR count). The number of aromatic nitrogens is 2. The molecule has 1 fully saturated rings. The van der Waals surface area contributed by atoms with Crippen molar-refractivity contribution >= 4 is 22.4 Å². The Labute approximate surface area is 98.4 Å². The van der Waals surface area contributed by atoms with Crippen LogP contribution in [-0.2, 0) is 4.79 Å². The van der Waals surface area contributed by atoms with Crippen molar-refractivity contribution in [3.05, 3.63) is 5.51 Å². The van der Waals surface area contributed by atoms with Crippen LogP contribution in [0.1, 0.15) is 32.6 Å². The van der Waals surface area contributed by atoms with Crippen molar-refractivity contribution in [3.8, 4) is 0 Å². The van der Waals surface area contributed by atoms with E-state index in [4.69, 9.17) is 5.73 Å². The molecule has 0 aromatic carbocycles. The van der Waals surface area contributed by atoms with Gasteiger partial charge in [0.25, 0.3) is 0 Å². The molecule has 1 aromatic heterocycles. The zero-order chi connectivity index (χ0) is 11.6. The van der Waals surface area contributed by atoms with Crippen LogP contribution >= 0.6 is 11.3 Å². The van der Waals surface area contributed by atoms with Crippen molar-refractivity contribution in [2.75, 3.05) is 5.32 Å². The number of nitrogens with two attached hydrogens (primary N) is 1. The summed E-state index contributed by atoms with van der Waals surface area (Å²) in [6.07, 6.45) is 3.67. The summed E-state index contributed by atoms with van der Waals surface area (Å²) in [4.78, 5) is 12.0. The van der Waals surface area contributed by atoms with E-state index < -0.39 is 5.54 Å². The van der Waals surface area contributed by atoms with Crippen molar-refractivity contribution in [2.45, 2.75) is 38.1 Å². The Bertz CT molecular complexity index is 367. The number of rotatable bonds is 2. The normalized spacial score (nSPS) is 30.0. The monoisotopic (exact) mass is 240 g/mol. The van der Waals surface area contributed by atoms with E-state index in [1.807, 2.05) is 0 Å². The van der Waals surface area contributed by atoms with Gasteiger partial charge in [-0.1, -0.05) is 31.1 Å². The summed E-state index contributed by atoms with van der Waals surface area (Å²) in [5.41, 5.74) is 7.01. The average Bonchev–Trinajstić information content (AvgIpc) is 2.70. The third-order valence-corrected chi connectivity index (χ3v) is 3.67. The third kappa shape index (κ3) is 2.38. The second kappa shape index (κ2) is 4.47. The first-order chi connectivity index (χ1) is 7.60. The molecule has 2 unspecified atom stereocenters. The van der Waals surface area contributed by atoms with E-state index in [2.05, 4.69) is 22.4 Å². The summed E-state index contributed by atoms with van der Waals surface area (Å²) in [6, 6.07) is 0. The molecule has 6 heteroatoms. The van der Waals surface area contributed by atoms with Gasteiger partial charge in [0.05, 0.1) is 5.54 Å². The van der Waals surface area contributed by atoms with Crippen LogP contribution in [-0.4, -0.2) is 21.6 Å². The van der Waals surface area contributed by atoms with Gasteiger partial charge in [-0.3, -0.25) is 10.1 Å². The molecule has 0 saturated heterocycles. The van der Waals surface area contributed by atoms with Crippen molar-refractivity contribution in [2.24, 2.45) is 11.7 Å². The highest BCUT2D eigenvalue weighted by Gasteiger charge is 2.38. The van der Waals surface area contributed by atoms with Gasteiger partial charge in [-0.05, 0) is 18.8 Å². The van der Waals surface area contributed by atoms with Crippen LogP contribution in [0.15, 0.2) is 5.51 Å². The highest BCUT2D eigenvalue weighted by molar-refractivity contribution is 7.13. The van der Waals surface area contributed by atoms with Gasteiger partial charge in [-0.2, -0.15) is 0 Å². The Balaban J connectivity index is 2.02. The van der Waals surface area contributed by atoms with E-state index in [0.717, 1.165) is 25.7 Å². The molecule has 16 heavy (non-hydrogen) atoms. The van der Waals surface area contributed by atoms with E-state index in [9.17, 15) is 4.79 Å². The molecule has 3 N–H and O–H groups in total. The van der Waals surface area contributed by atoms with E-state index in [1.54, 1.807) is 5.51 Å². The highest BCUT2D eigenvalue weighted by atomic mass is 32.1. The van der Waals surface area contributed by atoms with Crippen LogP contribution in [0.4, 0.5) is 5.13 Å². The number of carbonyl (C=O) groups excluding carboxylic acids is 1. The third-order valence-electron chi connectivity index (χ3n) is 3.07. The molecule has 1 aliphatic carbocycles. The van der Waals surface area contributed by atoms with Crippen LogP contribution in [0.2, 0.25) is 0 Å². The Morgan fingerprint density at radius 3 is 3.19 bits per heavy atom. The van der Waals surface area contributed by atoms with Crippen molar-refractivity contribution in [1.82, 2.24) is 10.2 Å². The maximum atomic E-state index is 12.0. The van der Waals surface area contributed by atoms with E-state index in [1.165, 1.54) is 11.3 Å². The van der Waals surface area contributed by atoms with Crippen LogP contribution in [0.25, 0.3) is 0 Å². The molecule has 0 radical (unpaired) electrons. The zero-order valence-electron chi connectivity index (χ0n) is 9.27. The maximum Gasteiger partial charge on any atom is 0.246 e. The predicted molar refractivity (Wildman–Crippen MR) is 63.1 cm³/mol. The first kappa shape index (κ1) is 11.5. The first-order valence-electron chi connectivity index (χ1n) is 5.47. The van der Waals surface area contributed by atoms with Crippen LogP contribution in [0.5, 0.6) is 0 Å². The van der Waals surface area contributed by atoms with Crippen LogP contribution in [0, 0.1) is 5.92 Å². The Morgan fingerprint density at radius 1 is 1.75 bits per heavy atom. The molecule has 0 spiro atoms. The van der Waals surface area contributed by atoms with Crippen LogP contribution < -0.4 is 11.1 Å². The van der Waals surface area contributed by atoms with E-state index >= 15 is 0 Å². The Kier molecular flexibility index (Phi) is 3.20. The summed E-state index contributed by atoms with van der Waals surface area (Å²) < 4.78 is 0. The number of carbonyl (C=O) groups is 1. The van der Waals surface area contributed by atoms with Gasteiger partial charge in [-0.15, -0.1) is 10.2 Å². The molecule has 5 nitrogen and oxygen atoms in total. The van der Waals surface area contributed by atoms with Crippen molar-refractivity contribution in [1.29, 1.82) is 0 Å². The van der Waals surface area contributed by atoms with Gasteiger partial charge in [-0.25, -0.2) is 0 Å². The smallest absolute Gasteiger partial charge is 0.246 e. The quantitative estimate of drug-likeness (QED) is 0.818. The number of hydrogen-bond acceptors (Lipinski definition) is 5. The lowest BCUT2D eigenvalue weighted by Gasteiger charge is -2.34.